The summed E-state index contributed by atoms with van der Waals surface area (Å²) in [6, 6.07) is 14.5. The molecule has 2 saturated heterocycles. The van der Waals surface area contributed by atoms with Crippen molar-refractivity contribution >= 4 is 23.9 Å². The second-order valence-corrected chi connectivity index (χ2v) is 10.1. The van der Waals surface area contributed by atoms with Crippen molar-refractivity contribution in [3.8, 4) is 11.1 Å². The lowest BCUT2D eigenvalue weighted by atomic mass is 9.98. The Kier molecular flexibility index (Phi) is 6.97. The SMILES string of the molecule is C[C@H]1C[C@@H](C(=O)N(CC(=O)O)C(=O)C2CCCN2)N(C(=O)OCC2c3ccccc3-c3ccccc32)C1. The molecule has 2 aliphatic heterocycles. The molecule has 5 rings (SSSR count). The van der Waals surface area contributed by atoms with Crippen LogP contribution in [0.3, 0.4) is 0 Å². The largest absolute Gasteiger partial charge is 0.480 e. The van der Waals surface area contributed by atoms with Crippen LogP contribution in [0.15, 0.2) is 48.5 Å². The number of ether oxygens (including phenoxy) is 1. The molecule has 2 fully saturated rings. The Morgan fingerprint density at radius 2 is 1.68 bits per heavy atom. The quantitative estimate of drug-likeness (QED) is 0.580. The van der Waals surface area contributed by atoms with Crippen LogP contribution in [-0.4, -0.2) is 77.1 Å². The van der Waals surface area contributed by atoms with Crippen LogP contribution in [0.2, 0.25) is 0 Å². The molecule has 2 heterocycles. The summed E-state index contributed by atoms with van der Waals surface area (Å²) in [6.45, 7) is 2.22. The van der Waals surface area contributed by atoms with Gasteiger partial charge in [0.1, 0.15) is 19.2 Å². The summed E-state index contributed by atoms with van der Waals surface area (Å²) in [7, 11) is 0. The van der Waals surface area contributed by atoms with E-state index in [9.17, 15) is 24.3 Å². The van der Waals surface area contributed by atoms with Gasteiger partial charge in [-0.1, -0.05) is 55.5 Å². The van der Waals surface area contributed by atoms with Crippen LogP contribution in [0.25, 0.3) is 11.1 Å². The van der Waals surface area contributed by atoms with Crippen molar-refractivity contribution in [2.75, 3.05) is 26.2 Å². The number of fused-ring (bicyclic) bond motifs is 3. The first-order valence-corrected chi connectivity index (χ1v) is 12.8. The summed E-state index contributed by atoms with van der Waals surface area (Å²) in [5.41, 5.74) is 4.40. The van der Waals surface area contributed by atoms with Crippen molar-refractivity contribution in [3.63, 3.8) is 0 Å². The average molecular weight is 506 g/mol. The molecule has 0 aromatic heterocycles. The Morgan fingerprint density at radius 3 is 2.27 bits per heavy atom. The first-order valence-electron chi connectivity index (χ1n) is 12.8. The van der Waals surface area contributed by atoms with Gasteiger partial charge in [0.2, 0.25) is 5.91 Å². The summed E-state index contributed by atoms with van der Waals surface area (Å²) in [4.78, 5) is 53.4. The third-order valence-electron chi connectivity index (χ3n) is 7.55. The molecule has 194 valence electrons. The van der Waals surface area contributed by atoms with Crippen molar-refractivity contribution in [2.24, 2.45) is 5.92 Å². The van der Waals surface area contributed by atoms with Crippen LogP contribution in [0.5, 0.6) is 0 Å². The number of aliphatic carboxylic acids is 1. The summed E-state index contributed by atoms with van der Waals surface area (Å²) in [5, 5.41) is 12.4. The number of imide groups is 1. The van der Waals surface area contributed by atoms with Gasteiger partial charge in [0.15, 0.2) is 0 Å². The highest BCUT2D eigenvalue weighted by Crippen LogP contribution is 2.44. The van der Waals surface area contributed by atoms with Crippen LogP contribution < -0.4 is 5.32 Å². The first-order chi connectivity index (χ1) is 17.8. The third-order valence-corrected chi connectivity index (χ3v) is 7.55. The zero-order valence-corrected chi connectivity index (χ0v) is 20.8. The van der Waals surface area contributed by atoms with E-state index < -0.39 is 42.5 Å². The lowest BCUT2D eigenvalue weighted by Gasteiger charge is -2.29. The highest BCUT2D eigenvalue weighted by Gasteiger charge is 2.44. The predicted molar refractivity (Wildman–Crippen MR) is 135 cm³/mol. The minimum absolute atomic E-state index is 0.000758. The molecule has 0 saturated carbocycles. The second kappa shape index (κ2) is 10.3. The van der Waals surface area contributed by atoms with E-state index in [1.54, 1.807) is 0 Å². The topological polar surface area (TPSA) is 116 Å². The maximum atomic E-state index is 13.5. The van der Waals surface area contributed by atoms with E-state index in [0.29, 0.717) is 25.9 Å². The van der Waals surface area contributed by atoms with E-state index in [1.165, 1.54) is 4.90 Å². The molecule has 3 aliphatic rings. The van der Waals surface area contributed by atoms with E-state index in [0.717, 1.165) is 33.6 Å². The minimum Gasteiger partial charge on any atom is -0.480 e. The molecule has 1 unspecified atom stereocenters. The van der Waals surface area contributed by atoms with E-state index in [4.69, 9.17) is 4.74 Å². The fraction of sp³-hybridized carbons (Fsp3) is 0.429. The van der Waals surface area contributed by atoms with Gasteiger partial charge in [-0.3, -0.25) is 24.2 Å². The van der Waals surface area contributed by atoms with Crippen molar-refractivity contribution in [3.05, 3.63) is 59.7 Å². The number of nitrogens with zero attached hydrogens (tertiary/aromatic N) is 2. The number of rotatable bonds is 6. The number of hydrogen-bond acceptors (Lipinski definition) is 6. The molecule has 37 heavy (non-hydrogen) atoms. The summed E-state index contributed by atoms with van der Waals surface area (Å²) in [5.74, 6) is -2.63. The van der Waals surface area contributed by atoms with Crippen LogP contribution in [-0.2, 0) is 19.1 Å². The number of carboxylic acid groups (broad SMARTS) is 1. The van der Waals surface area contributed by atoms with E-state index in [1.807, 2.05) is 43.3 Å². The molecule has 3 amide bonds. The summed E-state index contributed by atoms with van der Waals surface area (Å²) in [6.07, 6.45) is 1.02. The minimum atomic E-state index is -1.28. The van der Waals surface area contributed by atoms with Crippen molar-refractivity contribution in [1.29, 1.82) is 0 Å². The molecular weight excluding hydrogens is 474 g/mol. The molecule has 2 aromatic rings. The Hall–Kier alpha value is -3.72. The van der Waals surface area contributed by atoms with Crippen LogP contribution in [0, 0.1) is 5.92 Å². The molecule has 1 aliphatic carbocycles. The van der Waals surface area contributed by atoms with Gasteiger partial charge in [-0.15, -0.1) is 0 Å². The maximum Gasteiger partial charge on any atom is 0.410 e. The summed E-state index contributed by atoms with van der Waals surface area (Å²) < 4.78 is 5.78. The zero-order valence-electron chi connectivity index (χ0n) is 20.8. The fourth-order valence-corrected chi connectivity index (χ4v) is 5.82. The predicted octanol–water partition coefficient (Wildman–Crippen LogP) is 2.84. The highest BCUT2D eigenvalue weighted by atomic mass is 16.6. The van der Waals surface area contributed by atoms with Crippen LogP contribution in [0.4, 0.5) is 4.79 Å². The van der Waals surface area contributed by atoms with Gasteiger partial charge >= 0.3 is 12.1 Å². The lowest BCUT2D eigenvalue weighted by molar-refractivity contribution is -0.155. The van der Waals surface area contributed by atoms with Crippen molar-refractivity contribution in [2.45, 2.75) is 44.2 Å². The molecule has 0 bridgehead atoms. The Balaban J connectivity index is 1.32. The Morgan fingerprint density at radius 1 is 1.03 bits per heavy atom. The zero-order chi connectivity index (χ0) is 26.1. The number of hydrogen-bond donors (Lipinski definition) is 2. The Labute approximate surface area is 215 Å². The van der Waals surface area contributed by atoms with Crippen molar-refractivity contribution < 1.29 is 29.0 Å². The number of carboxylic acids is 1. The lowest BCUT2D eigenvalue weighted by Crippen LogP contribution is -2.55. The molecular formula is C28H31N3O6. The standard InChI is InChI=1S/C28H31N3O6/c1-17-13-24(27(35)31(15-25(32)33)26(34)23-11-6-12-29-23)30(14-17)28(36)37-16-22-20-9-4-2-7-18(20)19-8-3-5-10-21(19)22/h2-5,7-10,17,22-24,29H,6,11-16H2,1H3,(H,32,33)/t17-,23?,24-/m0/s1. The number of benzene rings is 2. The molecule has 3 atom stereocenters. The molecule has 9 nitrogen and oxygen atoms in total. The fourth-order valence-electron chi connectivity index (χ4n) is 5.82. The van der Waals surface area contributed by atoms with E-state index in [2.05, 4.69) is 17.4 Å². The van der Waals surface area contributed by atoms with Gasteiger partial charge in [-0.25, -0.2) is 4.79 Å². The number of nitrogens with one attached hydrogen (secondary N) is 1. The molecule has 2 aromatic carbocycles. The van der Waals surface area contributed by atoms with Crippen LogP contribution >= 0.6 is 0 Å². The first kappa shape index (κ1) is 25.0. The Bertz CT molecular complexity index is 1180. The van der Waals surface area contributed by atoms with Gasteiger partial charge in [0.05, 0.1) is 6.04 Å². The molecule has 0 spiro atoms. The maximum absolute atomic E-state index is 13.5. The second-order valence-electron chi connectivity index (χ2n) is 10.1. The number of carbonyl (C=O) groups is 4. The number of likely N-dealkylation sites (tertiary alicyclic amines) is 1. The third kappa shape index (κ3) is 4.83. The van der Waals surface area contributed by atoms with Gasteiger partial charge < -0.3 is 15.2 Å². The average Bonchev–Trinajstić information content (AvgIpc) is 3.63. The number of amides is 3. The van der Waals surface area contributed by atoms with E-state index >= 15 is 0 Å². The van der Waals surface area contributed by atoms with Gasteiger partial charge in [0.25, 0.3) is 5.91 Å². The number of carbonyl (C=O) groups excluding carboxylic acids is 3. The highest BCUT2D eigenvalue weighted by molar-refractivity contribution is 6.03. The van der Waals surface area contributed by atoms with Crippen molar-refractivity contribution in [1.82, 2.24) is 15.1 Å². The smallest absolute Gasteiger partial charge is 0.410 e. The monoisotopic (exact) mass is 505 g/mol. The van der Waals surface area contributed by atoms with Gasteiger partial charge in [-0.05, 0) is 54.0 Å². The van der Waals surface area contributed by atoms with E-state index in [-0.39, 0.29) is 18.4 Å². The normalized spacial score (nSPS) is 22.4. The molecule has 0 radical (unpaired) electrons. The molecule has 2 N–H and O–H groups in total. The van der Waals surface area contributed by atoms with Crippen LogP contribution in [0.1, 0.15) is 43.2 Å². The van der Waals surface area contributed by atoms with Gasteiger partial charge in [0, 0.05) is 12.5 Å². The van der Waals surface area contributed by atoms with Gasteiger partial charge in [-0.2, -0.15) is 0 Å². The summed E-state index contributed by atoms with van der Waals surface area (Å²) >= 11 is 0. The molecule has 9 heteroatoms.